The second-order valence-corrected chi connectivity index (χ2v) is 6.43. The Morgan fingerprint density at radius 1 is 1.30 bits per heavy atom. The highest BCUT2D eigenvalue weighted by Gasteiger charge is 2.21. The molecule has 4 nitrogen and oxygen atoms in total. The van der Waals surface area contributed by atoms with Gasteiger partial charge in [-0.2, -0.15) is 0 Å². The summed E-state index contributed by atoms with van der Waals surface area (Å²) in [4.78, 5) is 24.1. The lowest BCUT2D eigenvalue weighted by atomic mass is 10.1. The van der Waals surface area contributed by atoms with E-state index in [-0.39, 0.29) is 17.8 Å². The molecule has 2 aliphatic rings. The van der Waals surface area contributed by atoms with Gasteiger partial charge in [0.25, 0.3) is 5.91 Å². The zero-order valence-electron chi connectivity index (χ0n) is 13.5. The number of rotatable bonds is 5. The van der Waals surface area contributed by atoms with Crippen molar-refractivity contribution in [3.8, 4) is 0 Å². The summed E-state index contributed by atoms with van der Waals surface area (Å²) in [5.74, 6) is -0.328. The topological polar surface area (TPSA) is 55.4 Å². The second kappa shape index (κ2) is 6.99. The predicted molar refractivity (Wildman–Crippen MR) is 89.1 cm³/mol. The van der Waals surface area contributed by atoms with Crippen molar-refractivity contribution in [3.63, 3.8) is 0 Å². The summed E-state index contributed by atoms with van der Waals surface area (Å²) in [5, 5.41) is 2.84. The van der Waals surface area contributed by atoms with Gasteiger partial charge in [-0.05, 0) is 68.2 Å². The van der Waals surface area contributed by atoms with Crippen molar-refractivity contribution in [2.75, 3.05) is 5.32 Å². The SMILES string of the molecule is C[C@@H](OC(=O)C[C@@H]1C=CCC1)C(=O)Nc1ccc2c(c1)CCC2. The molecule has 0 bridgehead atoms. The maximum atomic E-state index is 12.2. The number of carbonyl (C=O) groups is 2. The van der Waals surface area contributed by atoms with Crippen molar-refractivity contribution in [3.05, 3.63) is 41.5 Å². The summed E-state index contributed by atoms with van der Waals surface area (Å²) in [6, 6.07) is 6.01. The van der Waals surface area contributed by atoms with Crippen molar-refractivity contribution in [1.82, 2.24) is 0 Å². The van der Waals surface area contributed by atoms with Gasteiger partial charge in [0.2, 0.25) is 0 Å². The maximum absolute atomic E-state index is 12.2. The predicted octanol–water partition coefficient (Wildman–Crippen LogP) is 3.40. The number of benzene rings is 1. The normalized spacial score (nSPS) is 20.1. The first-order chi connectivity index (χ1) is 11.1. The number of fused-ring (bicyclic) bond motifs is 1. The van der Waals surface area contributed by atoms with Gasteiger partial charge in [-0.15, -0.1) is 0 Å². The van der Waals surface area contributed by atoms with Crippen molar-refractivity contribution >= 4 is 17.6 Å². The standard InChI is InChI=1S/C19H23NO3/c1-13(23-18(21)11-14-5-2-3-6-14)19(22)20-17-10-9-15-7-4-8-16(15)12-17/h2,5,9-10,12-14H,3-4,6-8,11H2,1H3,(H,20,22)/t13-,14-/m1/s1. The number of carbonyl (C=O) groups excluding carboxylic acids is 2. The molecule has 3 rings (SSSR count). The second-order valence-electron chi connectivity index (χ2n) is 6.43. The lowest BCUT2D eigenvalue weighted by Gasteiger charge is -2.15. The molecule has 4 heteroatoms. The molecule has 0 heterocycles. The molecule has 0 radical (unpaired) electrons. The zero-order valence-corrected chi connectivity index (χ0v) is 13.5. The molecule has 0 aliphatic heterocycles. The molecule has 2 atom stereocenters. The van der Waals surface area contributed by atoms with Crippen molar-refractivity contribution in [2.45, 2.75) is 51.6 Å². The Labute approximate surface area is 136 Å². The summed E-state index contributed by atoms with van der Waals surface area (Å²) >= 11 is 0. The van der Waals surface area contributed by atoms with Crippen LogP contribution in [0, 0.1) is 5.92 Å². The molecule has 0 spiro atoms. The summed E-state index contributed by atoms with van der Waals surface area (Å²) < 4.78 is 5.25. The van der Waals surface area contributed by atoms with Gasteiger partial charge in [0, 0.05) is 5.69 Å². The van der Waals surface area contributed by atoms with Crippen LogP contribution in [-0.4, -0.2) is 18.0 Å². The Morgan fingerprint density at radius 2 is 2.13 bits per heavy atom. The maximum Gasteiger partial charge on any atom is 0.307 e. The fourth-order valence-corrected chi connectivity index (χ4v) is 3.27. The first-order valence-electron chi connectivity index (χ1n) is 8.40. The van der Waals surface area contributed by atoms with Gasteiger partial charge in [-0.3, -0.25) is 9.59 Å². The summed E-state index contributed by atoms with van der Waals surface area (Å²) in [5.41, 5.74) is 3.45. The Morgan fingerprint density at radius 3 is 2.91 bits per heavy atom. The van der Waals surface area contributed by atoms with Crippen LogP contribution in [0.5, 0.6) is 0 Å². The van der Waals surface area contributed by atoms with E-state index in [1.165, 1.54) is 17.5 Å². The van der Waals surface area contributed by atoms with Gasteiger partial charge >= 0.3 is 5.97 Å². The van der Waals surface area contributed by atoms with E-state index in [1.807, 2.05) is 12.1 Å². The van der Waals surface area contributed by atoms with Gasteiger partial charge in [-0.25, -0.2) is 0 Å². The Bertz CT molecular complexity index is 636. The van der Waals surface area contributed by atoms with E-state index in [9.17, 15) is 9.59 Å². The number of allylic oxidation sites excluding steroid dienone is 2. The van der Waals surface area contributed by atoms with Crippen LogP contribution in [-0.2, 0) is 27.2 Å². The van der Waals surface area contributed by atoms with E-state index in [4.69, 9.17) is 4.74 Å². The van der Waals surface area contributed by atoms with Gasteiger partial charge in [0.05, 0.1) is 6.42 Å². The van der Waals surface area contributed by atoms with Crippen molar-refractivity contribution < 1.29 is 14.3 Å². The Hall–Kier alpha value is -2.10. The van der Waals surface area contributed by atoms with E-state index >= 15 is 0 Å². The number of hydrogen-bond acceptors (Lipinski definition) is 3. The van der Waals surface area contributed by atoms with Gasteiger partial charge < -0.3 is 10.1 Å². The summed E-state index contributed by atoms with van der Waals surface area (Å²) in [6.07, 6.45) is 9.09. The molecule has 0 unspecified atom stereocenters. The smallest absolute Gasteiger partial charge is 0.307 e. The first-order valence-corrected chi connectivity index (χ1v) is 8.40. The molecule has 2 aliphatic carbocycles. The van der Waals surface area contributed by atoms with Crippen LogP contribution in [0.15, 0.2) is 30.4 Å². The molecule has 122 valence electrons. The number of amides is 1. The molecule has 0 saturated heterocycles. The number of anilines is 1. The van der Waals surface area contributed by atoms with E-state index in [0.717, 1.165) is 31.4 Å². The average Bonchev–Trinajstić information content (AvgIpc) is 3.17. The minimum atomic E-state index is -0.777. The minimum absolute atomic E-state index is 0.259. The van der Waals surface area contributed by atoms with Crippen LogP contribution < -0.4 is 5.32 Å². The molecular formula is C19H23NO3. The minimum Gasteiger partial charge on any atom is -0.453 e. The highest BCUT2D eigenvalue weighted by Crippen LogP contribution is 2.25. The Balaban J connectivity index is 1.51. The number of esters is 1. The van der Waals surface area contributed by atoms with Gasteiger partial charge in [0.1, 0.15) is 0 Å². The van der Waals surface area contributed by atoms with E-state index in [1.54, 1.807) is 6.92 Å². The lowest BCUT2D eigenvalue weighted by Crippen LogP contribution is -2.30. The molecule has 1 aromatic rings. The molecule has 23 heavy (non-hydrogen) atoms. The molecular weight excluding hydrogens is 290 g/mol. The van der Waals surface area contributed by atoms with Crippen LogP contribution in [0.4, 0.5) is 5.69 Å². The highest BCUT2D eigenvalue weighted by molar-refractivity contribution is 5.95. The first kappa shape index (κ1) is 15.8. The van der Waals surface area contributed by atoms with Crippen molar-refractivity contribution in [2.24, 2.45) is 5.92 Å². The number of aryl methyl sites for hydroxylation is 2. The van der Waals surface area contributed by atoms with Crippen LogP contribution >= 0.6 is 0 Å². The zero-order chi connectivity index (χ0) is 16.2. The molecule has 1 N–H and O–H groups in total. The fraction of sp³-hybridized carbons (Fsp3) is 0.474. The Kier molecular flexibility index (Phi) is 4.79. The average molecular weight is 313 g/mol. The van der Waals surface area contributed by atoms with Crippen LogP contribution in [0.25, 0.3) is 0 Å². The molecule has 0 saturated carbocycles. The number of nitrogens with one attached hydrogen (secondary N) is 1. The molecule has 0 aromatic heterocycles. The van der Waals surface area contributed by atoms with Crippen molar-refractivity contribution in [1.29, 1.82) is 0 Å². The lowest BCUT2D eigenvalue weighted by molar-refractivity contribution is -0.153. The molecule has 0 fully saturated rings. The number of hydrogen-bond donors (Lipinski definition) is 1. The number of ether oxygens (including phenoxy) is 1. The summed E-state index contributed by atoms with van der Waals surface area (Å²) in [7, 11) is 0. The van der Waals surface area contributed by atoms with Gasteiger partial charge in [0.15, 0.2) is 6.10 Å². The largest absolute Gasteiger partial charge is 0.453 e. The van der Waals surface area contributed by atoms with E-state index in [0.29, 0.717) is 6.42 Å². The molecule has 1 aromatic carbocycles. The van der Waals surface area contributed by atoms with Crippen LogP contribution in [0.3, 0.4) is 0 Å². The van der Waals surface area contributed by atoms with E-state index < -0.39 is 6.10 Å². The fourth-order valence-electron chi connectivity index (χ4n) is 3.27. The quantitative estimate of drug-likeness (QED) is 0.669. The molecule has 1 amide bonds. The summed E-state index contributed by atoms with van der Waals surface area (Å²) in [6.45, 7) is 1.62. The third kappa shape index (κ3) is 4.01. The highest BCUT2D eigenvalue weighted by atomic mass is 16.5. The van der Waals surface area contributed by atoms with Crippen LogP contribution in [0.1, 0.15) is 43.7 Å². The van der Waals surface area contributed by atoms with E-state index in [2.05, 4.69) is 23.5 Å². The van der Waals surface area contributed by atoms with Crippen LogP contribution in [0.2, 0.25) is 0 Å². The van der Waals surface area contributed by atoms with Gasteiger partial charge in [-0.1, -0.05) is 18.2 Å². The monoisotopic (exact) mass is 313 g/mol. The third-order valence-corrected chi connectivity index (χ3v) is 4.58. The third-order valence-electron chi connectivity index (χ3n) is 4.58.